The molecule has 1 heterocycles. The van der Waals surface area contributed by atoms with Crippen molar-refractivity contribution in [3.8, 4) is 0 Å². The Morgan fingerprint density at radius 1 is 1.71 bits per heavy atom. The molecule has 0 spiro atoms. The zero-order valence-corrected chi connectivity index (χ0v) is 9.82. The molecule has 6 heteroatoms. The van der Waals surface area contributed by atoms with Crippen molar-refractivity contribution in [2.75, 3.05) is 7.05 Å². The van der Waals surface area contributed by atoms with Gasteiger partial charge in [-0.2, -0.15) is 0 Å². The average Bonchev–Trinajstić information content (AvgIpc) is 2.20. The molecule has 0 fully saturated rings. The molecule has 1 aromatic rings. The topological polar surface area (TPSA) is 64.0 Å². The van der Waals surface area contributed by atoms with Gasteiger partial charge in [-0.25, -0.2) is 4.98 Å². The van der Waals surface area contributed by atoms with Crippen LogP contribution < -0.4 is 10.9 Å². The predicted octanol–water partition coefficient (Wildman–Crippen LogP) is -0.0160. The van der Waals surface area contributed by atoms with Gasteiger partial charge in [0.05, 0.1) is 9.90 Å². The quantitative estimate of drug-likeness (QED) is 0.799. The van der Waals surface area contributed by atoms with Gasteiger partial charge in [-0.15, -0.1) is 0 Å². The van der Waals surface area contributed by atoms with Crippen molar-refractivity contribution in [3.05, 3.63) is 26.4 Å². The van der Waals surface area contributed by atoms with Gasteiger partial charge in [0, 0.05) is 26.2 Å². The Hall–Kier alpha value is -0.920. The normalized spacial score (nSPS) is 9.86. The van der Waals surface area contributed by atoms with Gasteiger partial charge in [-0.1, -0.05) is 0 Å². The molecule has 0 aliphatic carbocycles. The fourth-order valence-corrected chi connectivity index (χ4v) is 1.40. The van der Waals surface area contributed by atoms with Crippen molar-refractivity contribution < 1.29 is 4.79 Å². The van der Waals surface area contributed by atoms with Gasteiger partial charge in [0.2, 0.25) is 5.91 Å². The predicted molar refractivity (Wildman–Crippen MR) is 59.9 cm³/mol. The van der Waals surface area contributed by atoms with Crippen molar-refractivity contribution in [3.63, 3.8) is 0 Å². The van der Waals surface area contributed by atoms with Crippen LogP contribution in [0.2, 0.25) is 0 Å². The average molecular weight is 307 g/mol. The smallest absolute Gasteiger partial charge is 0.266 e. The van der Waals surface area contributed by atoms with Crippen LogP contribution in [0.3, 0.4) is 0 Å². The molecule has 76 valence electrons. The second-order valence-corrected chi connectivity index (χ2v) is 3.83. The van der Waals surface area contributed by atoms with E-state index in [1.807, 2.05) is 22.6 Å². The van der Waals surface area contributed by atoms with E-state index in [0.29, 0.717) is 10.1 Å². The summed E-state index contributed by atoms with van der Waals surface area (Å²) in [5.74, 6) is -0.0873. The molecule has 0 aliphatic rings. The highest BCUT2D eigenvalue weighted by Crippen LogP contribution is 1.94. The molecule has 0 aromatic carbocycles. The zero-order valence-electron chi connectivity index (χ0n) is 7.66. The van der Waals surface area contributed by atoms with Gasteiger partial charge >= 0.3 is 0 Å². The SMILES string of the molecule is CNC(=O)CCn1cncc(I)c1=O. The number of nitrogens with zero attached hydrogens (tertiary/aromatic N) is 2. The number of aromatic nitrogens is 2. The third-order valence-corrected chi connectivity index (χ3v) is 2.46. The van der Waals surface area contributed by atoms with Crippen molar-refractivity contribution >= 4 is 28.5 Å². The van der Waals surface area contributed by atoms with Crippen LogP contribution in [-0.4, -0.2) is 22.5 Å². The zero-order chi connectivity index (χ0) is 10.6. The van der Waals surface area contributed by atoms with Crippen LogP contribution in [-0.2, 0) is 11.3 Å². The lowest BCUT2D eigenvalue weighted by molar-refractivity contribution is -0.120. The first-order chi connectivity index (χ1) is 6.65. The van der Waals surface area contributed by atoms with Crippen molar-refractivity contribution in [2.24, 2.45) is 0 Å². The molecule has 1 amide bonds. The fraction of sp³-hybridized carbons (Fsp3) is 0.375. The number of aryl methyl sites for hydroxylation is 1. The van der Waals surface area contributed by atoms with Crippen LogP contribution in [0, 0.1) is 3.57 Å². The highest BCUT2D eigenvalue weighted by molar-refractivity contribution is 14.1. The fourth-order valence-electron chi connectivity index (χ4n) is 0.930. The molecular formula is C8H10IN3O2. The van der Waals surface area contributed by atoms with Crippen LogP contribution in [0.4, 0.5) is 0 Å². The van der Waals surface area contributed by atoms with Gasteiger partial charge < -0.3 is 5.32 Å². The summed E-state index contributed by atoms with van der Waals surface area (Å²) in [5.41, 5.74) is -0.107. The summed E-state index contributed by atoms with van der Waals surface area (Å²) in [7, 11) is 1.57. The van der Waals surface area contributed by atoms with E-state index in [2.05, 4.69) is 10.3 Å². The molecule has 1 rings (SSSR count). The molecule has 1 N–H and O–H groups in total. The van der Waals surface area contributed by atoms with Crippen molar-refractivity contribution in [1.82, 2.24) is 14.9 Å². The number of nitrogens with one attached hydrogen (secondary N) is 1. The maximum absolute atomic E-state index is 11.5. The Morgan fingerprint density at radius 3 is 3.07 bits per heavy atom. The van der Waals surface area contributed by atoms with Gasteiger partial charge in [-0.3, -0.25) is 14.2 Å². The van der Waals surface area contributed by atoms with Gasteiger partial charge in [0.15, 0.2) is 0 Å². The maximum Gasteiger partial charge on any atom is 0.266 e. The lowest BCUT2D eigenvalue weighted by Gasteiger charge is -2.03. The van der Waals surface area contributed by atoms with E-state index in [-0.39, 0.29) is 17.9 Å². The van der Waals surface area contributed by atoms with Crippen LogP contribution in [0.5, 0.6) is 0 Å². The van der Waals surface area contributed by atoms with Gasteiger partial charge in [0.1, 0.15) is 0 Å². The maximum atomic E-state index is 11.5. The molecule has 0 saturated heterocycles. The summed E-state index contributed by atoms with van der Waals surface area (Å²) in [4.78, 5) is 26.3. The minimum absolute atomic E-state index is 0.0873. The Labute approximate surface area is 94.7 Å². The molecule has 0 aliphatic heterocycles. The van der Waals surface area contributed by atoms with Gasteiger partial charge in [0.25, 0.3) is 5.56 Å². The van der Waals surface area contributed by atoms with Crippen LogP contribution in [0.25, 0.3) is 0 Å². The van der Waals surface area contributed by atoms with E-state index < -0.39 is 0 Å². The Bertz CT molecular complexity index is 388. The Kier molecular flexibility index (Phi) is 4.05. The van der Waals surface area contributed by atoms with E-state index in [1.54, 1.807) is 7.05 Å². The van der Waals surface area contributed by atoms with Crippen LogP contribution in [0.15, 0.2) is 17.3 Å². The number of carbonyl (C=O) groups excluding carboxylic acids is 1. The lowest BCUT2D eigenvalue weighted by atomic mass is 10.4. The number of hydrogen-bond acceptors (Lipinski definition) is 3. The number of carbonyl (C=O) groups is 1. The summed E-state index contributed by atoms with van der Waals surface area (Å²) in [6.45, 7) is 0.363. The van der Waals surface area contributed by atoms with Crippen LogP contribution in [0.1, 0.15) is 6.42 Å². The third kappa shape index (κ3) is 2.79. The Morgan fingerprint density at radius 2 is 2.43 bits per heavy atom. The summed E-state index contributed by atoms with van der Waals surface area (Å²) < 4.78 is 1.99. The minimum atomic E-state index is -0.107. The highest BCUT2D eigenvalue weighted by atomic mass is 127. The number of amides is 1. The van der Waals surface area contributed by atoms with E-state index in [9.17, 15) is 9.59 Å². The largest absolute Gasteiger partial charge is 0.359 e. The molecule has 0 saturated carbocycles. The standard InChI is InChI=1S/C8H10IN3O2/c1-10-7(13)2-3-12-5-11-4-6(9)8(12)14/h4-5H,2-3H2,1H3,(H,10,13). The number of halogens is 1. The first-order valence-electron chi connectivity index (χ1n) is 4.05. The molecule has 0 bridgehead atoms. The molecule has 0 unspecified atom stereocenters. The van der Waals surface area contributed by atoms with E-state index in [4.69, 9.17) is 0 Å². The highest BCUT2D eigenvalue weighted by Gasteiger charge is 2.02. The van der Waals surface area contributed by atoms with E-state index in [1.165, 1.54) is 17.1 Å². The molecule has 5 nitrogen and oxygen atoms in total. The van der Waals surface area contributed by atoms with Gasteiger partial charge in [-0.05, 0) is 22.6 Å². The summed E-state index contributed by atoms with van der Waals surface area (Å²) >= 11 is 1.92. The van der Waals surface area contributed by atoms with Crippen molar-refractivity contribution in [1.29, 1.82) is 0 Å². The Balaban J connectivity index is 2.73. The molecule has 14 heavy (non-hydrogen) atoms. The van der Waals surface area contributed by atoms with Crippen LogP contribution >= 0.6 is 22.6 Å². The third-order valence-electron chi connectivity index (χ3n) is 1.72. The first-order valence-corrected chi connectivity index (χ1v) is 5.13. The second-order valence-electron chi connectivity index (χ2n) is 2.66. The molecular weight excluding hydrogens is 297 g/mol. The summed E-state index contributed by atoms with van der Waals surface area (Å²) in [5, 5.41) is 2.49. The summed E-state index contributed by atoms with van der Waals surface area (Å²) in [6.07, 6.45) is 3.23. The molecule has 1 aromatic heterocycles. The first kappa shape index (κ1) is 11.2. The number of rotatable bonds is 3. The summed E-state index contributed by atoms with van der Waals surface area (Å²) in [6, 6.07) is 0. The minimum Gasteiger partial charge on any atom is -0.359 e. The van der Waals surface area contributed by atoms with Crippen molar-refractivity contribution in [2.45, 2.75) is 13.0 Å². The molecule has 0 atom stereocenters. The van der Waals surface area contributed by atoms with E-state index >= 15 is 0 Å². The number of hydrogen-bond donors (Lipinski definition) is 1. The monoisotopic (exact) mass is 307 g/mol. The van der Waals surface area contributed by atoms with E-state index in [0.717, 1.165) is 0 Å². The lowest BCUT2D eigenvalue weighted by Crippen LogP contribution is -2.26. The molecule has 0 radical (unpaired) electrons. The second kappa shape index (κ2) is 5.08.